The molecule has 21 heavy (non-hydrogen) atoms. The standard InChI is InChI=1S/C17H19N3O/c1-12(20(2)3)16-11-19-17-7-6-13(9-15(16)17)21-14-5-4-8-18-10-14/h4-12,19H,1-3H3. The van der Waals surface area contributed by atoms with Crippen molar-refractivity contribution in [2.45, 2.75) is 13.0 Å². The first-order valence-corrected chi connectivity index (χ1v) is 7.00. The molecular formula is C17H19N3O. The Hall–Kier alpha value is -2.33. The Morgan fingerprint density at radius 1 is 1.19 bits per heavy atom. The van der Waals surface area contributed by atoms with E-state index < -0.39 is 0 Å². The third-order valence-electron chi connectivity index (χ3n) is 3.78. The quantitative estimate of drug-likeness (QED) is 0.786. The zero-order chi connectivity index (χ0) is 14.8. The summed E-state index contributed by atoms with van der Waals surface area (Å²) < 4.78 is 5.86. The molecule has 0 aliphatic heterocycles. The zero-order valence-corrected chi connectivity index (χ0v) is 12.5. The number of rotatable bonds is 4. The summed E-state index contributed by atoms with van der Waals surface area (Å²) in [6, 6.07) is 10.2. The molecule has 3 aromatic rings. The van der Waals surface area contributed by atoms with Crippen molar-refractivity contribution in [3.05, 3.63) is 54.5 Å². The molecule has 2 heterocycles. The molecule has 0 radical (unpaired) electrons. The van der Waals surface area contributed by atoms with Gasteiger partial charge in [0.2, 0.25) is 0 Å². The van der Waals surface area contributed by atoms with E-state index in [0.29, 0.717) is 6.04 Å². The Morgan fingerprint density at radius 3 is 2.76 bits per heavy atom. The van der Waals surface area contributed by atoms with E-state index in [2.05, 4.69) is 48.2 Å². The lowest BCUT2D eigenvalue weighted by molar-refractivity contribution is 0.323. The maximum absolute atomic E-state index is 5.86. The van der Waals surface area contributed by atoms with E-state index in [4.69, 9.17) is 4.74 Å². The molecule has 1 aromatic carbocycles. The van der Waals surface area contributed by atoms with Crippen LogP contribution in [0.25, 0.3) is 10.9 Å². The summed E-state index contributed by atoms with van der Waals surface area (Å²) in [6.07, 6.45) is 5.52. The van der Waals surface area contributed by atoms with E-state index in [1.165, 1.54) is 10.9 Å². The predicted octanol–water partition coefficient (Wildman–Crippen LogP) is 3.98. The van der Waals surface area contributed by atoms with Crippen LogP contribution in [-0.2, 0) is 0 Å². The van der Waals surface area contributed by atoms with Crippen molar-refractivity contribution in [3.8, 4) is 11.5 Å². The van der Waals surface area contributed by atoms with Crippen LogP contribution >= 0.6 is 0 Å². The zero-order valence-electron chi connectivity index (χ0n) is 12.5. The van der Waals surface area contributed by atoms with Crippen LogP contribution in [0.15, 0.2) is 48.9 Å². The summed E-state index contributed by atoms with van der Waals surface area (Å²) in [7, 11) is 4.17. The highest BCUT2D eigenvalue weighted by Gasteiger charge is 2.13. The Bertz CT molecular complexity index is 734. The number of aromatic nitrogens is 2. The van der Waals surface area contributed by atoms with Crippen LogP contribution < -0.4 is 4.74 Å². The number of nitrogens with zero attached hydrogens (tertiary/aromatic N) is 2. The lowest BCUT2D eigenvalue weighted by Crippen LogP contribution is -2.16. The minimum Gasteiger partial charge on any atom is -0.456 e. The van der Waals surface area contributed by atoms with Gasteiger partial charge in [-0.1, -0.05) is 0 Å². The lowest BCUT2D eigenvalue weighted by atomic mass is 10.1. The van der Waals surface area contributed by atoms with Gasteiger partial charge in [-0.25, -0.2) is 0 Å². The second-order valence-electron chi connectivity index (χ2n) is 5.38. The van der Waals surface area contributed by atoms with Gasteiger partial charge in [0.15, 0.2) is 0 Å². The third-order valence-corrected chi connectivity index (χ3v) is 3.78. The molecule has 0 aliphatic rings. The molecule has 4 nitrogen and oxygen atoms in total. The molecule has 0 saturated carbocycles. The van der Waals surface area contributed by atoms with Crippen LogP contribution in [0, 0.1) is 0 Å². The number of fused-ring (bicyclic) bond motifs is 1. The third kappa shape index (κ3) is 2.76. The molecule has 0 fully saturated rings. The van der Waals surface area contributed by atoms with E-state index in [9.17, 15) is 0 Å². The summed E-state index contributed by atoms with van der Waals surface area (Å²) >= 11 is 0. The fourth-order valence-electron chi connectivity index (χ4n) is 2.35. The van der Waals surface area contributed by atoms with E-state index >= 15 is 0 Å². The number of hydrogen-bond acceptors (Lipinski definition) is 3. The number of nitrogens with one attached hydrogen (secondary N) is 1. The van der Waals surface area contributed by atoms with Crippen LogP contribution in [0.5, 0.6) is 11.5 Å². The molecule has 0 aliphatic carbocycles. The average Bonchev–Trinajstić information content (AvgIpc) is 2.90. The fourth-order valence-corrected chi connectivity index (χ4v) is 2.35. The van der Waals surface area contributed by atoms with Gasteiger partial charge in [-0.15, -0.1) is 0 Å². The molecule has 2 aromatic heterocycles. The molecule has 4 heteroatoms. The maximum atomic E-state index is 5.86. The predicted molar refractivity (Wildman–Crippen MR) is 84.7 cm³/mol. The van der Waals surface area contributed by atoms with Gasteiger partial charge < -0.3 is 14.6 Å². The first-order valence-electron chi connectivity index (χ1n) is 7.00. The van der Waals surface area contributed by atoms with Crippen LogP contribution in [0.2, 0.25) is 0 Å². The highest BCUT2D eigenvalue weighted by molar-refractivity contribution is 5.85. The summed E-state index contributed by atoms with van der Waals surface area (Å²) in [5.41, 5.74) is 2.39. The van der Waals surface area contributed by atoms with E-state index in [1.807, 2.05) is 24.3 Å². The molecule has 1 unspecified atom stereocenters. The van der Waals surface area contributed by atoms with Crippen LogP contribution in [-0.4, -0.2) is 29.0 Å². The van der Waals surface area contributed by atoms with Crippen molar-refractivity contribution in [2.24, 2.45) is 0 Å². The second-order valence-corrected chi connectivity index (χ2v) is 5.38. The Morgan fingerprint density at radius 2 is 2.05 bits per heavy atom. The Labute approximate surface area is 124 Å². The summed E-state index contributed by atoms with van der Waals surface area (Å²) in [4.78, 5) is 9.58. The molecule has 3 rings (SSSR count). The molecule has 108 valence electrons. The number of pyridine rings is 1. The highest BCUT2D eigenvalue weighted by Crippen LogP contribution is 2.31. The normalized spacial score (nSPS) is 12.8. The molecule has 0 saturated heterocycles. The number of H-pyrrole nitrogens is 1. The smallest absolute Gasteiger partial charge is 0.145 e. The molecular weight excluding hydrogens is 262 g/mol. The van der Waals surface area contributed by atoms with Gasteiger partial charge in [-0.05, 0) is 56.9 Å². The summed E-state index contributed by atoms with van der Waals surface area (Å²) in [5.74, 6) is 1.57. The number of benzene rings is 1. The van der Waals surface area contributed by atoms with Crippen molar-refractivity contribution < 1.29 is 4.74 Å². The largest absolute Gasteiger partial charge is 0.456 e. The van der Waals surface area contributed by atoms with Crippen molar-refractivity contribution >= 4 is 10.9 Å². The number of ether oxygens (including phenoxy) is 1. The fraction of sp³-hybridized carbons (Fsp3) is 0.235. The minimum atomic E-state index is 0.340. The summed E-state index contributed by atoms with van der Waals surface area (Å²) in [6.45, 7) is 2.19. The Kier molecular flexibility index (Phi) is 3.62. The van der Waals surface area contributed by atoms with Crippen molar-refractivity contribution in [2.75, 3.05) is 14.1 Å². The lowest BCUT2D eigenvalue weighted by Gasteiger charge is -2.19. The van der Waals surface area contributed by atoms with Crippen molar-refractivity contribution in [1.29, 1.82) is 0 Å². The minimum absolute atomic E-state index is 0.340. The molecule has 1 N–H and O–H groups in total. The van der Waals surface area contributed by atoms with Crippen molar-refractivity contribution in [3.63, 3.8) is 0 Å². The topological polar surface area (TPSA) is 41.1 Å². The van der Waals surface area contributed by atoms with Gasteiger partial charge in [-0.2, -0.15) is 0 Å². The van der Waals surface area contributed by atoms with Gasteiger partial charge in [0, 0.05) is 29.3 Å². The number of aromatic amines is 1. The molecule has 1 atom stereocenters. The van der Waals surface area contributed by atoms with E-state index in [0.717, 1.165) is 17.0 Å². The van der Waals surface area contributed by atoms with E-state index in [-0.39, 0.29) is 0 Å². The van der Waals surface area contributed by atoms with Crippen molar-refractivity contribution in [1.82, 2.24) is 14.9 Å². The first-order chi connectivity index (χ1) is 10.1. The highest BCUT2D eigenvalue weighted by atomic mass is 16.5. The SMILES string of the molecule is CC(c1c[nH]c2ccc(Oc3cccnc3)cc12)N(C)C. The van der Waals surface area contributed by atoms with Gasteiger partial charge in [0.25, 0.3) is 0 Å². The first kappa shape index (κ1) is 13.6. The van der Waals surface area contributed by atoms with Crippen LogP contribution in [0.4, 0.5) is 0 Å². The molecule has 0 bridgehead atoms. The second kappa shape index (κ2) is 5.58. The average molecular weight is 281 g/mol. The Balaban J connectivity index is 1.97. The monoisotopic (exact) mass is 281 g/mol. The maximum Gasteiger partial charge on any atom is 0.145 e. The van der Waals surface area contributed by atoms with Gasteiger partial charge >= 0.3 is 0 Å². The molecule has 0 amide bonds. The molecule has 0 spiro atoms. The van der Waals surface area contributed by atoms with Crippen LogP contribution in [0.3, 0.4) is 0 Å². The van der Waals surface area contributed by atoms with Gasteiger partial charge in [-0.3, -0.25) is 4.98 Å². The van der Waals surface area contributed by atoms with Gasteiger partial charge in [0.05, 0.1) is 6.20 Å². The summed E-state index contributed by atoms with van der Waals surface area (Å²) in [5, 5.41) is 1.19. The number of hydrogen-bond donors (Lipinski definition) is 1. The van der Waals surface area contributed by atoms with E-state index in [1.54, 1.807) is 12.4 Å². The van der Waals surface area contributed by atoms with Gasteiger partial charge in [0.1, 0.15) is 11.5 Å². The van der Waals surface area contributed by atoms with Crippen LogP contribution in [0.1, 0.15) is 18.5 Å².